The summed E-state index contributed by atoms with van der Waals surface area (Å²) < 4.78 is 0. The van der Waals surface area contributed by atoms with E-state index in [9.17, 15) is 19.8 Å². The van der Waals surface area contributed by atoms with Gasteiger partial charge in [-0.25, -0.2) is 10.9 Å². The summed E-state index contributed by atoms with van der Waals surface area (Å²) in [5.41, 5.74) is 5.97. The molecule has 0 saturated carbocycles. The van der Waals surface area contributed by atoms with Crippen LogP contribution in [0.15, 0.2) is 83.0 Å². The molecule has 8 heteroatoms. The molecule has 30 heavy (non-hydrogen) atoms. The molecule has 154 valence electrons. The number of nitrogens with zero attached hydrogens (tertiary/aromatic N) is 2. The summed E-state index contributed by atoms with van der Waals surface area (Å²) in [6.07, 6.45) is 5.29. The number of hydrogen-bond donors (Lipinski definition) is 4. The highest BCUT2D eigenvalue weighted by Gasteiger charge is 2.30. The molecule has 0 spiro atoms. The quantitative estimate of drug-likeness (QED) is 0.371. The van der Waals surface area contributed by atoms with Crippen molar-refractivity contribution in [1.82, 2.24) is 10.9 Å². The lowest BCUT2D eigenvalue weighted by Gasteiger charge is -2.13. The maximum Gasteiger partial charge on any atom is 0.272 e. The molecule has 0 aliphatic heterocycles. The highest BCUT2D eigenvalue weighted by molar-refractivity contribution is 5.91. The van der Waals surface area contributed by atoms with Gasteiger partial charge in [0.2, 0.25) is 0 Å². The van der Waals surface area contributed by atoms with Gasteiger partial charge in [-0.05, 0) is 23.3 Å². The van der Waals surface area contributed by atoms with Crippen molar-refractivity contribution >= 4 is 36.4 Å². The van der Waals surface area contributed by atoms with Gasteiger partial charge in [0.15, 0.2) is 12.2 Å². The van der Waals surface area contributed by atoms with Crippen LogP contribution in [0.4, 0.5) is 0 Å². The van der Waals surface area contributed by atoms with Gasteiger partial charge in [0, 0.05) is 12.4 Å². The number of carbonyl (C=O) groups is 2. The standard InChI is InChI=1S/C22H22N4O4/c27-19(21(29)25-23-15-7-13-17-9-3-1-4-10-17)20(28)22(30)26-24-16-8-14-18-11-5-2-6-12-18/h1-16,19-20,27-28H,(H,25,29)(H,26,30)/b13-7-,14-8+,23-15+,24-16-/t19-,20+/m0/s1. The molecule has 4 N–H and O–H groups in total. The second-order valence-electron chi connectivity index (χ2n) is 5.94. The van der Waals surface area contributed by atoms with Crippen LogP contribution in [0.1, 0.15) is 11.1 Å². The van der Waals surface area contributed by atoms with Gasteiger partial charge < -0.3 is 10.2 Å². The fraction of sp³-hybridized carbons (Fsp3) is 0.0909. The van der Waals surface area contributed by atoms with Gasteiger partial charge in [0.05, 0.1) is 0 Å². The Kier molecular flexibility index (Phi) is 9.38. The van der Waals surface area contributed by atoms with E-state index < -0.39 is 24.0 Å². The minimum absolute atomic E-state index is 0.946. The third-order valence-corrected chi connectivity index (χ3v) is 3.68. The number of amides is 2. The molecule has 0 fully saturated rings. The molecule has 2 amide bonds. The summed E-state index contributed by atoms with van der Waals surface area (Å²) in [7, 11) is 0. The zero-order valence-corrected chi connectivity index (χ0v) is 16.0. The van der Waals surface area contributed by atoms with Crippen LogP contribution in [0, 0.1) is 0 Å². The van der Waals surface area contributed by atoms with Crippen molar-refractivity contribution in [3.8, 4) is 0 Å². The van der Waals surface area contributed by atoms with Crippen molar-refractivity contribution in [2.45, 2.75) is 12.2 Å². The van der Waals surface area contributed by atoms with Crippen LogP contribution in [0.2, 0.25) is 0 Å². The van der Waals surface area contributed by atoms with Crippen molar-refractivity contribution < 1.29 is 19.8 Å². The summed E-state index contributed by atoms with van der Waals surface area (Å²) in [4.78, 5) is 23.5. The number of carbonyl (C=O) groups excluding carboxylic acids is 2. The van der Waals surface area contributed by atoms with E-state index in [1.807, 2.05) is 71.5 Å². The Morgan fingerprint density at radius 3 is 1.43 bits per heavy atom. The summed E-state index contributed by atoms with van der Waals surface area (Å²) in [6.45, 7) is 0. The average molecular weight is 406 g/mol. The summed E-state index contributed by atoms with van der Waals surface area (Å²) in [5.74, 6) is -2.06. The first-order valence-electron chi connectivity index (χ1n) is 9.03. The number of aliphatic hydroxyl groups is 2. The normalized spacial score (nSPS) is 13.8. The smallest absolute Gasteiger partial charge is 0.272 e. The summed E-state index contributed by atoms with van der Waals surface area (Å²) >= 11 is 0. The summed E-state index contributed by atoms with van der Waals surface area (Å²) in [5, 5.41) is 26.7. The van der Waals surface area contributed by atoms with Crippen LogP contribution in [0.3, 0.4) is 0 Å². The second-order valence-corrected chi connectivity index (χ2v) is 5.94. The van der Waals surface area contributed by atoms with Crippen LogP contribution in [-0.4, -0.2) is 46.7 Å². The molecule has 0 aliphatic carbocycles. The summed E-state index contributed by atoms with van der Waals surface area (Å²) in [6, 6.07) is 18.9. The van der Waals surface area contributed by atoms with E-state index in [1.165, 1.54) is 12.4 Å². The molecule has 2 atom stereocenters. The molecular formula is C22H22N4O4. The second kappa shape index (κ2) is 12.6. The van der Waals surface area contributed by atoms with Gasteiger partial charge in [-0.2, -0.15) is 10.2 Å². The molecule has 0 saturated heterocycles. The average Bonchev–Trinajstić information content (AvgIpc) is 2.78. The van der Waals surface area contributed by atoms with Crippen molar-refractivity contribution in [2.75, 3.05) is 0 Å². The van der Waals surface area contributed by atoms with Gasteiger partial charge >= 0.3 is 0 Å². The Hall–Kier alpha value is -3.88. The highest BCUT2D eigenvalue weighted by atomic mass is 16.3. The largest absolute Gasteiger partial charge is 0.380 e. The van der Waals surface area contributed by atoms with Gasteiger partial charge in [-0.1, -0.05) is 72.8 Å². The van der Waals surface area contributed by atoms with E-state index in [0.29, 0.717) is 0 Å². The number of nitrogens with one attached hydrogen (secondary N) is 2. The number of hydrazone groups is 2. The molecular weight excluding hydrogens is 384 g/mol. The van der Waals surface area contributed by atoms with Crippen LogP contribution in [0.5, 0.6) is 0 Å². The van der Waals surface area contributed by atoms with Crippen molar-refractivity contribution in [2.24, 2.45) is 10.2 Å². The van der Waals surface area contributed by atoms with Crippen molar-refractivity contribution in [1.29, 1.82) is 0 Å². The fourth-order valence-electron chi connectivity index (χ4n) is 2.14. The first-order valence-corrected chi connectivity index (χ1v) is 9.03. The van der Waals surface area contributed by atoms with E-state index >= 15 is 0 Å². The Balaban J connectivity index is 1.74. The third-order valence-electron chi connectivity index (χ3n) is 3.68. The Labute approximate surface area is 174 Å². The third kappa shape index (κ3) is 8.01. The highest BCUT2D eigenvalue weighted by Crippen LogP contribution is 2.00. The van der Waals surface area contributed by atoms with Gasteiger partial charge in [0.1, 0.15) is 0 Å². The van der Waals surface area contributed by atoms with Gasteiger partial charge in [-0.3, -0.25) is 9.59 Å². The predicted molar refractivity (Wildman–Crippen MR) is 116 cm³/mol. The van der Waals surface area contributed by atoms with Gasteiger partial charge in [-0.15, -0.1) is 0 Å². The van der Waals surface area contributed by atoms with E-state index in [4.69, 9.17) is 0 Å². The lowest BCUT2D eigenvalue weighted by Crippen LogP contribution is -2.47. The number of hydrogen-bond acceptors (Lipinski definition) is 6. The van der Waals surface area contributed by atoms with Crippen molar-refractivity contribution in [3.05, 3.63) is 83.9 Å². The van der Waals surface area contributed by atoms with Crippen LogP contribution >= 0.6 is 0 Å². The minimum Gasteiger partial charge on any atom is -0.380 e. The number of allylic oxidation sites excluding steroid dienone is 2. The molecule has 2 rings (SSSR count). The topological polar surface area (TPSA) is 123 Å². The first-order chi connectivity index (χ1) is 14.6. The number of aliphatic hydroxyl groups excluding tert-OH is 2. The Morgan fingerprint density at radius 2 is 1.07 bits per heavy atom. The van der Waals surface area contributed by atoms with E-state index in [2.05, 4.69) is 10.2 Å². The predicted octanol–water partition coefficient (Wildman–Crippen LogP) is 1.34. The molecule has 8 nitrogen and oxygen atoms in total. The van der Waals surface area contributed by atoms with Crippen LogP contribution < -0.4 is 10.9 Å². The zero-order valence-electron chi connectivity index (χ0n) is 16.0. The number of rotatable bonds is 9. The zero-order chi connectivity index (χ0) is 21.6. The van der Waals surface area contributed by atoms with E-state index in [-0.39, 0.29) is 0 Å². The Bertz CT molecular complexity index is 847. The minimum atomic E-state index is -2.00. The Morgan fingerprint density at radius 1 is 0.700 bits per heavy atom. The lowest BCUT2D eigenvalue weighted by atomic mass is 10.2. The molecule has 0 radical (unpaired) electrons. The fourth-order valence-corrected chi connectivity index (χ4v) is 2.14. The molecule has 0 aromatic heterocycles. The molecule has 0 unspecified atom stereocenters. The van der Waals surface area contributed by atoms with Crippen molar-refractivity contribution in [3.63, 3.8) is 0 Å². The van der Waals surface area contributed by atoms with Gasteiger partial charge in [0.25, 0.3) is 11.8 Å². The molecule has 2 aromatic carbocycles. The molecule has 0 bridgehead atoms. The monoisotopic (exact) mass is 406 g/mol. The maximum atomic E-state index is 11.8. The maximum absolute atomic E-state index is 11.8. The molecule has 0 aliphatic rings. The van der Waals surface area contributed by atoms with E-state index in [1.54, 1.807) is 24.3 Å². The lowest BCUT2D eigenvalue weighted by molar-refractivity contribution is -0.146. The molecule has 2 aromatic rings. The van der Waals surface area contributed by atoms with Crippen LogP contribution in [0.25, 0.3) is 12.2 Å². The molecule has 0 heterocycles. The first kappa shape index (κ1) is 22.4. The van der Waals surface area contributed by atoms with E-state index in [0.717, 1.165) is 11.1 Å². The van der Waals surface area contributed by atoms with Crippen LogP contribution in [-0.2, 0) is 9.59 Å². The SMILES string of the molecule is O=C(N/N=C/C=C\c1ccccc1)[C@@H](O)[C@@H](O)C(=O)N/N=C\C=C\c1ccccc1. The number of benzene rings is 2.